The summed E-state index contributed by atoms with van der Waals surface area (Å²) in [4.78, 5) is 10.5. The molecule has 0 aliphatic carbocycles. The maximum atomic E-state index is 10.5. The van der Waals surface area contributed by atoms with Crippen molar-refractivity contribution in [1.82, 2.24) is 5.32 Å². The Morgan fingerprint density at radius 3 is 2.64 bits per heavy atom. The number of thioether (sulfide) groups is 1. The average Bonchev–Trinajstić information content (AvgIpc) is 2.33. The summed E-state index contributed by atoms with van der Waals surface area (Å²) in [5, 5.41) is 12.0. The van der Waals surface area contributed by atoms with Crippen LogP contribution >= 0.6 is 11.8 Å². The third-order valence-electron chi connectivity index (χ3n) is 1.71. The van der Waals surface area contributed by atoms with Crippen LogP contribution in [-0.4, -0.2) is 28.2 Å². The fourth-order valence-corrected chi connectivity index (χ4v) is 2.31. The van der Waals surface area contributed by atoms with Crippen molar-refractivity contribution in [3.8, 4) is 0 Å². The van der Waals surface area contributed by atoms with Crippen LogP contribution in [0.25, 0.3) is 0 Å². The van der Waals surface area contributed by atoms with Crippen LogP contribution in [0, 0.1) is 5.92 Å². The molecule has 1 aliphatic heterocycles. The summed E-state index contributed by atoms with van der Waals surface area (Å²) < 4.78 is 0. The van der Waals surface area contributed by atoms with Crippen LogP contribution in [0.15, 0.2) is 0 Å². The third kappa shape index (κ3) is 2.10. The number of carboxylic acids is 1. The van der Waals surface area contributed by atoms with Crippen molar-refractivity contribution in [2.24, 2.45) is 5.92 Å². The number of aliphatic carboxylic acids is 1. The standard InChI is InChI=1S/C7H13NO2S/c1-4(2)6-8-5(3-11-6)7(9)10/h4-6,8H,3H2,1-2H3,(H,9,10). The van der Waals surface area contributed by atoms with Crippen molar-refractivity contribution < 1.29 is 9.90 Å². The average molecular weight is 175 g/mol. The maximum absolute atomic E-state index is 10.5. The van der Waals surface area contributed by atoms with Gasteiger partial charge in [0.2, 0.25) is 0 Å². The van der Waals surface area contributed by atoms with Crippen molar-refractivity contribution in [3.63, 3.8) is 0 Å². The molecule has 0 aromatic carbocycles. The molecule has 64 valence electrons. The first kappa shape index (κ1) is 8.87. The third-order valence-corrected chi connectivity index (χ3v) is 3.28. The molecule has 0 amide bonds. The minimum Gasteiger partial charge on any atom is -0.480 e. The van der Waals surface area contributed by atoms with Gasteiger partial charge >= 0.3 is 5.97 Å². The van der Waals surface area contributed by atoms with Crippen LogP contribution in [0.5, 0.6) is 0 Å². The Kier molecular flexibility index (Phi) is 2.78. The summed E-state index contributed by atoms with van der Waals surface area (Å²) in [7, 11) is 0. The maximum Gasteiger partial charge on any atom is 0.321 e. The highest BCUT2D eigenvalue weighted by Crippen LogP contribution is 2.24. The van der Waals surface area contributed by atoms with Crippen molar-refractivity contribution in [2.45, 2.75) is 25.3 Å². The fraction of sp³-hybridized carbons (Fsp3) is 0.857. The van der Waals surface area contributed by atoms with Crippen molar-refractivity contribution in [2.75, 3.05) is 5.75 Å². The van der Waals surface area contributed by atoms with E-state index < -0.39 is 5.97 Å². The van der Waals surface area contributed by atoms with Gasteiger partial charge in [-0.3, -0.25) is 10.1 Å². The SMILES string of the molecule is CC(C)C1NC(C(=O)O)CS1. The van der Waals surface area contributed by atoms with Crippen LogP contribution in [-0.2, 0) is 4.79 Å². The van der Waals surface area contributed by atoms with E-state index in [2.05, 4.69) is 19.2 Å². The second-order valence-electron chi connectivity index (χ2n) is 3.06. The molecule has 4 heteroatoms. The lowest BCUT2D eigenvalue weighted by atomic mass is 10.2. The monoisotopic (exact) mass is 175 g/mol. The van der Waals surface area contributed by atoms with Gasteiger partial charge in [-0.1, -0.05) is 13.8 Å². The molecule has 1 heterocycles. The Bertz CT molecular complexity index is 161. The van der Waals surface area contributed by atoms with E-state index in [0.717, 1.165) is 0 Å². The van der Waals surface area contributed by atoms with Crippen LogP contribution in [0.3, 0.4) is 0 Å². The van der Waals surface area contributed by atoms with E-state index in [4.69, 9.17) is 5.11 Å². The Hall–Kier alpha value is -0.220. The highest BCUT2D eigenvalue weighted by atomic mass is 32.2. The summed E-state index contributed by atoms with van der Waals surface area (Å²) in [5.74, 6) is 0.461. The van der Waals surface area contributed by atoms with Crippen LogP contribution in [0.1, 0.15) is 13.8 Å². The second kappa shape index (κ2) is 3.45. The topological polar surface area (TPSA) is 49.3 Å². The van der Waals surface area contributed by atoms with Gasteiger partial charge in [0, 0.05) is 5.75 Å². The molecule has 0 bridgehead atoms. The largest absolute Gasteiger partial charge is 0.480 e. The summed E-state index contributed by atoms with van der Waals surface area (Å²) in [6.07, 6.45) is 0. The van der Waals surface area contributed by atoms with Gasteiger partial charge < -0.3 is 5.11 Å². The zero-order valence-electron chi connectivity index (χ0n) is 6.70. The number of hydrogen-bond donors (Lipinski definition) is 2. The number of carboxylic acid groups (broad SMARTS) is 1. The van der Waals surface area contributed by atoms with Gasteiger partial charge in [0.15, 0.2) is 0 Å². The summed E-state index contributed by atoms with van der Waals surface area (Å²) in [6, 6.07) is -0.340. The molecule has 0 radical (unpaired) electrons. The Morgan fingerprint density at radius 2 is 2.36 bits per heavy atom. The lowest BCUT2D eigenvalue weighted by Gasteiger charge is -2.13. The quantitative estimate of drug-likeness (QED) is 0.650. The van der Waals surface area contributed by atoms with Gasteiger partial charge in [-0.2, -0.15) is 0 Å². The van der Waals surface area contributed by atoms with E-state index in [0.29, 0.717) is 17.0 Å². The number of rotatable bonds is 2. The molecule has 1 aliphatic rings. The molecule has 1 fully saturated rings. The van der Waals surface area contributed by atoms with Gasteiger partial charge in [0.05, 0.1) is 5.37 Å². The first-order chi connectivity index (χ1) is 5.11. The summed E-state index contributed by atoms with van der Waals surface area (Å²) in [5.41, 5.74) is 0. The van der Waals surface area contributed by atoms with Crippen LogP contribution < -0.4 is 5.32 Å². The van der Waals surface area contributed by atoms with Crippen LogP contribution in [0.2, 0.25) is 0 Å². The highest BCUT2D eigenvalue weighted by molar-refractivity contribution is 8.00. The summed E-state index contributed by atoms with van der Waals surface area (Å²) in [6.45, 7) is 4.18. The van der Waals surface area contributed by atoms with E-state index in [1.165, 1.54) is 0 Å². The molecular formula is C7H13NO2S. The molecule has 2 atom stereocenters. The Labute approximate surface area is 70.6 Å². The number of nitrogens with one attached hydrogen (secondary N) is 1. The Balaban J connectivity index is 2.41. The second-order valence-corrected chi connectivity index (χ2v) is 4.23. The lowest BCUT2D eigenvalue weighted by Crippen LogP contribution is -2.38. The first-order valence-electron chi connectivity index (χ1n) is 3.71. The lowest BCUT2D eigenvalue weighted by molar-refractivity contribution is -0.138. The highest BCUT2D eigenvalue weighted by Gasteiger charge is 2.30. The van der Waals surface area contributed by atoms with Gasteiger partial charge in [-0.25, -0.2) is 0 Å². The van der Waals surface area contributed by atoms with E-state index in [1.807, 2.05) is 0 Å². The first-order valence-corrected chi connectivity index (χ1v) is 4.76. The number of hydrogen-bond acceptors (Lipinski definition) is 3. The normalized spacial score (nSPS) is 31.2. The molecule has 0 spiro atoms. The van der Waals surface area contributed by atoms with E-state index >= 15 is 0 Å². The molecule has 2 unspecified atom stereocenters. The van der Waals surface area contributed by atoms with Crippen molar-refractivity contribution >= 4 is 17.7 Å². The minimum atomic E-state index is -0.736. The molecule has 0 saturated carbocycles. The smallest absolute Gasteiger partial charge is 0.321 e. The minimum absolute atomic E-state index is 0.316. The molecule has 0 aromatic rings. The number of carbonyl (C=O) groups is 1. The molecule has 1 rings (SSSR count). The zero-order chi connectivity index (χ0) is 8.43. The van der Waals surface area contributed by atoms with E-state index in [9.17, 15) is 4.79 Å². The van der Waals surface area contributed by atoms with Crippen molar-refractivity contribution in [3.05, 3.63) is 0 Å². The van der Waals surface area contributed by atoms with Crippen molar-refractivity contribution in [1.29, 1.82) is 0 Å². The molecule has 1 saturated heterocycles. The summed E-state index contributed by atoms with van der Waals surface area (Å²) >= 11 is 1.69. The Morgan fingerprint density at radius 1 is 1.73 bits per heavy atom. The molecule has 11 heavy (non-hydrogen) atoms. The zero-order valence-corrected chi connectivity index (χ0v) is 7.52. The molecular weight excluding hydrogens is 162 g/mol. The molecule has 0 aromatic heterocycles. The predicted molar refractivity (Wildman–Crippen MR) is 45.6 cm³/mol. The van der Waals surface area contributed by atoms with Crippen LogP contribution in [0.4, 0.5) is 0 Å². The molecule has 3 nitrogen and oxygen atoms in total. The van der Waals surface area contributed by atoms with Gasteiger partial charge in [0.1, 0.15) is 6.04 Å². The van der Waals surface area contributed by atoms with Gasteiger partial charge in [-0.15, -0.1) is 11.8 Å². The molecule has 2 N–H and O–H groups in total. The predicted octanol–water partition coefficient (Wildman–Crippen LogP) is 0.758. The van der Waals surface area contributed by atoms with E-state index in [-0.39, 0.29) is 6.04 Å². The fourth-order valence-electron chi connectivity index (χ4n) is 1.02. The van der Waals surface area contributed by atoms with Gasteiger partial charge in [-0.05, 0) is 5.92 Å². The van der Waals surface area contributed by atoms with Gasteiger partial charge in [0.25, 0.3) is 0 Å². The van der Waals surface area contributed by atoms with E-state index in [1.54, 1.807) is 11.8 Å².